The number of carboxylic acid groups (broad SMARTS) is 1. The molecule has 0 spiro atoms. The summed E-state index contributed by atoms with van der Waals surface area (Å²) in [5.41, 5.74) is 0.902. The number of rotatable bonds is 9. The van der Waals surface area contributed by atoms with E-state index in [2.05, 4.69) is 10.6 Å². The van der Waals surface area contributed by atoms with Crippen LogP contribution in [0.4, 0.5) is 0 Å². The molecule has 0 radical (unpaired) electrons. The van der Waals surface area contributed by atoms with Gasteiger partial charge in [-0.1, -0.05) is 62.4 Å². The van der Waals surface area contributed by atoms with E-state index < -0.39 is 36.0 Å². The minimum Gasteiger partial charge on any atom is -0.480 e. The smallest absolute Gasteiger partial charge is 0.326 e. The molecule has 0 aliphatic heterocycles. The first-order valence-corrected chi connectivity index (χ1v) is 9.41. The molecule has 4 N–H and O–H groups in total. The summed E-state index contributed by atoms with van der Waals surface area (Å²) in [5, 5.41) is 25.1. The van der Waals surface area contributed by atoms with Crippen molar-refractivity contribution >= 4 is 17.8 Å². The minimum atomic E-state index is -1.67. The van der Waals surface area contributed by atoms with Crippen molar-refractivity contribution in [3.05, 3.63) is 71.8 Å². The summed E-state index contributed by atoms with van der Waals surface area (Å²) < 4.78 is 0. The number of hydrogen-bond donors (Lipinski definition) is 4. The highest BCUT2D eigenvalue weighted by Gasteiger charge is 2.32. The molecule has 0 aliphatic carbocycles. The number of amides is 2. The topological polar surface area (TPSA) is 116 Å². The fourth-order valence-electron chi connectivity index (χ4n) is 2.92. The molecule has 0 aliphatic rings. The standard InChI is InChI=1S/C22H26N2O5/c1-14(2)13-17(22(28)29)23-21(27)19(25)18(15-9-5-3-6-10-15)24-20(26)16-11-7-4-8-12-16/h3-12,14,17-19,25H,13H2,1-2H3,(H,23,27)(H,24,26)(H,28,29)/t17-,18-,19+/m0/s1. The average molecular weight is 398 g/mol. The Bertz CT molecular complexity index is 824. The summed E-state index contributed by atoms with van der Waals surface area (Å²) in [7, 11) is 0. The minimum absolute atomic E-state index is 0.0382. The maximum absolute atomic E-state index is 12.6. The van der Waals surface area contributed by atoms with Crippen LogP contribution in [0.5, 0.6) is 0 Å². The normalized spacial score (nSPS) is 13.9. The second kappa shape index (κ2) is 10.4. The Labute approximate surface area is 169 Å². The van der Waals surface area contributed by atoms with Gasteiger partial charge in [-0.3, -0.25) is 9.59 Å². The van der Waals surface area contributed by atoms with E-state index in [1.807, 2.05) is 13.8 Å². The van der Waals surface area contributed by atoms with Gasteiger partial charge in [-0.05, 0) is 30.0 Å². The molecule has 2 aromatic carbocycles. The van der Waals surface area contributed by atoms with Crippen LogP contribution in [-0.2, 0) is 9.59 Å². The second-order valence-corrected chi connectivity index (χ2v) is 7.20. The Morgan fingerprint density at radius 3 is 1.97 bits per heavy atom. The van der Waals surface area contributed by atoms with Gasteiger partial charge in [-0.25, -0.2) is 4.79 Å². The number of hydrogen-bond acceptors (Lipinski definition) is 4. The fourth-order valence-corrected chi connectivity index (χ4v) is 2.92. The highest BCUT2D eigenvalue weighted by Crippen LogP contribution is 2.19. The molecule has 0 saturated heterocycles. The summed E-state index contributed by atoms with van der Waals surface area (Å²) in [4.78, 5) is 36.6. The predicted octanol–water partition coefficient (Wildman–Crippen LogP) is 2.13. The fraction of sp³-hybridized carbons (Fsp3) is 0.318. The van der Waals surface area contributed by atoms with Crippen molar-refractivity contribution in [3.8, 4) is 0 Å². The molecule has 0 unspecified atom stereocenters. The molecule has 29 heavy (non-hydrogen) atoms. The third-order valence-electron chi connectivity index (χ3n) is 4.39. The number of carbonyl (C=O) groups excluding carboxylic acids is 2. The van der Waals surface area contributed by atoms with E-state index in [9.17, 15) is 24.6 Å². The lowest BCUT2D eigenvalue weighted by atomic mass is 9.98. The summed E-state index contributed by atoms with van der Waals surface area (Å²) >= 11 is 0. The Kier molecular flexibility index (Phi) is 7.91. The van der Waals surface area contributed by atoms with Gasteiger partial charge in [-0.15, -0.1) is 0 Å². The monoisotopic (exact) mass is 398 g/mol. The maximum atomic E-state index is 12.6. The lowest BCUT2D eigenvalue weighted by Crippen LogP contribution is -2.50. The zero-order chi connectivity index (χ0) is 21.4. The predicted molar refractivity (Wildman–Crippen MR) is 108 cm³/mol. The zero-order valence-electron chi connectivity index (χ0n) is 16.4. The Balaban J connectivity index is 2.22. The van der Waals surface area contributed by atoms with E-state index in [1.165, 1.54) is 0 Å². The van der Waals surface area contributed by atoms with Gasteiger partial charge in [0.05, 0.1) is 6.04 Å². The number of aliphatic hydroxyl groups excluding tert-OH is 1. The van der Waals surface area contributed by atoms with E-state index in [0.717, 1.165) is 0 Å². The van der Waals surface area contributed by atoms with Crippen LogP contribution in [0.1, 0.15) is 42.2 Å². The van der Waals surface area contributed by atoms with Gasteiger partial charge >= 0.3 is 5.97 Å². The van der Waals surface area contributed by atoms with Gasteiger partial charge in [0.1, 0.15) is 6.04 Å². The average Bonchev–Trinajstić information content (AvgIpc) is 2.71. The van der Waals surface area contributed by atoms with Gasteiger partial charge in [-0.2, -0.15) is 0 Å². The first-order chi connectivity index (χ1) is 13.8. The van der Waals surface area contributed by atoms with Crippen LogP contribution in [0.15, 0.2) is 60.7 Å². The number of nitrogens with one attached hydrogen (secondary N) is 2. The second-order valence-electron chi connectivity index (χ2n) is 7.20. The molecule has 2 aromatic rings. The third-order valence-corrected chi connectivity index (χ3v) is 4.39. The van der Waals surface area contributed by atoms with Crippen LogP contribution in [0.25, 0.3) is 0 Å². The number of benzene rings is 2. The molecule has 0 fully saturated rings. The Morgan fingerprint density at radius 1 is 0.897 bits per heavy atom. The molecule has 3 atom stereocenters. The quantitative estimate of drug-likeness (QED) is 0.516. The van der Waals surface area contributed by atoms with Gasteiger partial charge in [0.25, 0.3) is 11.8 Å². The third kappa shape index (κ3) is 6.43. The Morgan fingerprint density at radius 2 is 1.45 bits per heavy atom. The molecule has 2 amide bonds. The van der Waals surface area contributed by atoms with Crippen LogP contribution in [0, 0.1) is 5.92 Å². The van der Waals surface area contributed by atoms with E-state index >= 15 is 0 Å². The number of carbonyl (C=O) groups is 3. The van der Waals surface area contributed by atoms with Crippen molar-refractivity contribution in [2.75, 3.05) is 0 Å². The molecule has 0 heterocycles. The van der Waals surface area contributed by atoms with Crippen LogP contribution in [0.2, 0.25) is 0 Å². The van der Waals surface area contributed by atoms with Crippen molar-refractivity contribution in [2.24, 2.45) is 5.92 Å². The van der Waals surface area contributed by atoms with Crippen molar-refractivity contribution in [1.29, 1.82) is 0 Å². The molecule has 7 nitrogen and oxygen atoms in total. The molecular formula is C22H26N2O5. The molecule has 154 valence electrons. The van der Waals surface area contributed by atoms with Crippen LogP contribution in [-0.4, -0.2) is 40.1 Å². The van der Waals surface area contributed by atoms with E-state index in [0.29, 0.717) is 11.1 Å². The SMILES string of the molecule is CC(C)C[C@H](NC(=O)[C@H](O)[C@@H](NC(=O)c1ccccc1)c1ccccc1)C(=O)O. The van der Waals surface area contributed by atoms with Gasteiger partial charge in [0.2, 0.25) is 0 Å². The highest BCUT2D eigenvalue weighted by molar-refractivity contribution is 5.95. The van der Waals surface area contributed by atoms with E-state index in [4.69, 9.17) is 0 Å². The van der Waals surface area contributed by atoms with Gasteiger partial charge in [0.15, 0.2) is 6.10 Å². The van der Waals surface area contributed by atoms with Crippen LogP contribution in [0.3, 0.4) is 0 Å². The van der Waals surface area contributed by atoms with Gasteiger partial charge < -0.3 is 20.8 Å². The van der Waals surface area contributed by atoms with Crippen molar-refractivity contribution in [2.45, 2.75) is 38.5 Å². The summed E-state index contributed by atoms with van der Waals surface area (Å²) in [5.74, 6) is -2.45. The van der Waals surface area contributed by atoms with Crippen molar-refractivity contribution < 1.29 is 24.6 Å². The molecular weight excluding hydrogens is 372 g/mol. The summed E-state index contributed by atoms with van der Waals surface area (Å²) in [6.07, 6.45) is -1.45. The zero-order valence-corrected chi connectivity index (χ0v) is 16.4. The molecule has 2 rings (SSSR count). The number of aliphatic carboxylic acids is 1. The van der Waals surface area contributed by atoms with Gasteiger partial charge in [0, 0.05) is 5.56 Å². The maximum Gasteiger partial charge on any atom is 0.326 e. The summed E-state index contributed by atoms with van der Waals surface area (Å²) in [6.45, 7) is 3.68. The van der Waals surface area contributed by atoms with Crippen molar-refractivity contribution in [1.82, 2.24) is 10.6 Å². The van der Waals surface area contributed by atoms with E-state index in [-0.39, 0.29) is 12.3 Å². The van der Waals surface area contributed by atoms with Crippen LogP contribution >= 0.6 is 0 Å². The lowest BCUT2D eigenvalue weighted by Gasteiger charge is -2.26. The molecule has 0 saturated carbocycles. The van der Waals surface area contributed by atoms with Crippen molar-refractivity contribution in [3.63, 3.8) is 0 Å². The molecule has 7 heteroatoms. The molecule has 0 bridgehead atoms. The number of carboxylic acids is 1. The number of aliphatic hydroxyl groups is 1. The first kappa shape index (κ1) is 22.1. The highest BCUT2D eigenvalue weighted by atomic mass is 16.4. The van der Waals surface area contributed by atoms with Crippen LogP contribution < -0.4 is 10.6 Å². The van der Waals surface area contributed by atoms with E-state index in [1.54, 1.807) is 60.7 Å². The largest absolute Gasteiger partial charge is 0.480 e. The first-order valence-electron chi connectivity index (χ1n) is 9.41. The Hall–Kier alpha value is -3.19. The molecule has 0 aromatic heterocycles. The summed E-state index contributed by atoms with van der Waals surface area (Å²) in [6, 6.07) is 14.8. The lowest BCUT2D eigenvalue weighted by molar-refractivity contribution is -0.144.